The number of aromatic nitrogens is 2. The topological polar surface area (TPSA) is 40.7 Å². The van der Waals surface area contributed by atoms with E-state index in [1.54, 1.807) is 17.5 Å². The zero-order valence-corrected chi connectivity index (χ0v) is 9.90. The summed E-state index contributed by atoms with van der Waals surface area (Å²) in [6.45, 7) is 2.93. The summed E-state index contributed by atoms with van der Waals surface area (Å²) in [5.41, 5.74) is 1.10. The van der Waals surface area contributed by atoms with Gasteiger partial charge >= 0.3 is 0 Å². The molecular weight excluding hydrogens is 230 g/mol. The van der Waals surface area contributed by atoms with Crippen LogP contribution in [0.3, 0.4) is 0 Å². The van der Waals surface area contributed by atoms with Crippen molar-refractivity contribution in [1.29, 1.82) is 0 Å². The first-order valence-corrected chi connectivity index (χ1v) is 5.92. The lowest BCUT2D eigenvalue weighted by atomic mass is 10.2. The highest BCUT2D eigenvalue weighted by Crippen LogP contribution is 2.21. The van der Waals surface area contributed by atoms with Crippen LogP contribution in [0.2, 0.25) is 4.34 Å². The highest BCUT2D eigenvalue weighted by Gasteiger charge is 2.06. The Kier molecular flexibility index (Phi) is 3.41. The summed E-state index contributed by atoms with van der Waals surface area (Å²) >= 11 is 7.45. The maximum absolute atomic E-state index is 5.85. The van der Waals surface area contributed by atoms with E-state index in [-0.39, 0.29) is 6.04 Å². The molecule has 1 unspecified atom stereocenters. The van der Waals surface area contributed by atoms with Gasteiger partial charge in [-0.2, -0.15) is 5.10 Å². The second-order valence-electron chi connectivity index (χ2n) is 3.32. The molecule has 2 aromatic heterocycles. The number of H-pyrrole nitrogens is 1. The van der Waals surface area contributed by atoms with Crippen LogP contribution >= 0.6 is 22.9 Å². The van der Waals surface area contributed by atoms with Crippen molar-refractivity contribution >= 4 is 22.9 Å². The molecule has 15 heavy (non-hydrogen) atoms. The lowest BCUT2D eigenvalue weighted by molar-refractivity contribution is 0.564. The van der Waals surface area contributed by atoms with E-state index in [1.165, 1.54) is 4.88 Å². The van der Waals surface area contributed by atoms with Crippen molar-refractivity contribution in [3.63, 3.8) is 0 Å². The van der Waals surface area contributed by atoms with Crippen molar-refractivity contribution in [3.05, 3.63) is 39.3 Å². The normalized spacial score (nSPS) is 12.9. The van der Waals surface area contributed by atoms with Gasteiger partial charge in [0.1, 0.15) is 0 Å². The van der Waals surface area contributed by atoms with Crippen molar-refractivity contribution in [1.82, 2.24) is 15.5 Å². The molecule has 2 N–H and O–H groups in total. The molecule has 0 saturated heterocycles. The van der Waals surface area contributed by atoms with E-state index in [2.05, 4.69) is 22.4 Å². The van der Waals surface area contributed by atoms with E-state index >= 15 is 0 Å². The fourth-order valence-corrected chi connectivity index (χ4v) is 2.36. The number of rotatable bonds is 4. The average molecular weight is 242 g/mol. The molecule has 2 aromatic rings. The van der Waals surface area contributed by atoms with Gasteiger partial charge < -0.3 is 5.32 Å². The molecule has 0 spiro atoms. The molecular formula is C10H12ClN3S. The maximum Gasteiger partial charge on any atom is 0.0931 e. The Morgan fingerprint density at radius 3 is 3.00 bits per heavy atom. The molecule has 0 aliphatic carbocycles. The van der Waals surface area contributed by atoms with Crippen LogP contribution < -0.4 is 5.32 Å². The predicted molar refractivity (Wildman–Crippen MR) is 63.2 cm³/mol. The number of hydrogen-bond donors (Lipinski definition) is 2. The predicted octanol–water partition coefficient (Wildman–Crippen LogP) is 2.98. The number of nitrogens with zero attached hydrogens (tertiary/aromatic N) is 1. The fourth-order valence-electron chi connectivity index (χ4n) is 1.32. The first-order chi connectivity index (χ1) is 7.25. The number of thiophene rings is 1. The van der Waals surface area contributed by atoms with Crippen molar-refractivity contribution in [3.8, 4) is 0 Å². The summed E-state index contributed by atoms with van der Waals surface area (Å²) < 4.78 is 0.834. The van der Waals surface area contributed by atoms with Gasteiger partial charge in [0.25, 0.3) is 0 Å². The minimum atomic E-state index is 0.272. The van der Waals surface area contributed by atoms with Gasteiger partial charge in [0.2, 0.25) is 0 Å². The van der Waals surface area contributed by atoms with Gasteiger partial charge in [0.05, 0.1) is 10.0 Å². The van der Waals surface area contributed by atoms with Gasteiger partial charge in [-0.3, -0.25) is 5.10 Å². The Labute approximate surface area is 97.5 Å². The molecule has 0 bridgehead atoms. The molecule has 1 atom stereocenters. The number of halogens is 1. The second-order valence-corrected chi connectivity index (χ2v) is 5.12. The van der Waals surface area contributed by atoms with Crippen molar-refractivity contribution in [2.24, 2.45) is 0 Å². The number of aromatic amines is 1. The van der Waals surface area contributed by atoms with Crippen molar-refractivity contribution in [2.45, 2.75) is 19.5 Å². The molecule has 80 valence electrons. The smallest absolute Gasteiger partial charge is 0.0931 e. The highest BCUT2D eigenvalue weighted by atomic mass is 35.5. The standard InChI is InChI=1S/C10H12ClN3S/c1-7(9-4-5-13-14-9)12-6-8-2-3-10(11)15-8/h2-5,7,12H,6H2,1H3,(H,13,14). The third kappa shape index (κ3) is 2.81. The van der Waals surface area contributed by atoms with E-state index in [0.29, 0.717) is 0 Å². The summed E-state index contributed by atoms with van der Waals surface area (Å²) in [5.74, 6) is 0. The zero-order chi connectivity index (χ0) is 10.7. The van der Waals surface area contributed by atoms with Crippen LogP contribution in [0.5, 0.6) is 0 Å². The summed E-state index contributed by atoms with van der Waals surface area (Å²) in [6, 6.07) is 6.21. The summed E-state index contributed by atoms with van der Waals surface area (Å²) in [4.78, 5) is 1.24. The van der Waals surface area contributed by atoms with Crippen LogP contribution in [0.25, 0.3) is 0 Å². The van der Waals surface area contributed by atoms with Gasteiger partial charge in [-0.25, -0.2) is 0 Å². The molecule has 5 heteroatoms. The van der Waals surface area contributed by atoms with Crippen molar-refractivity contribution < 1.29 is 0 Å². The Bertz CT molecular complexity index is 410. The minimum Gasteiger partial charge on any atom is -0.304 e. The molecule has 2 heterocycles. The summed E-state index contributed by atoms with van der Waals surface area (Å²) in [7, 11) is 0. The van der Waals surface area contributed by atoms with E-state index in [9.17, 15) is 0 Å². The van der Waals surface area contributed by atoms with Gasteiger partial charge in [0, 0.05) is 23.7 Å². The van der Waals surface area contributed by atoms with Gasteiger partial charge in [-0.15, -0.1) is 11.3 Å². The van der Waals surface area contributed by atoms with Crippen LogP contribution in [0.15, 0.2) is 24.4 Å². The quantitative estimate of drug-likeness (QED) is 0.864. The first kappa shape index (κ1) is 10.7. The molecule has 3 nitrogen and oxygen atoms in total. The van der Waals surface area contributed by atoms with E-state index in [0.717, 1.165) is 16.6 Å². The lowest BCUT2D eigenvalue weighted by Gasteiger charge is -2.10. The second kappa shape index (κ2) is 4.79. The van der Waals surface area contributed by atoms with E-state index in [1.807, 2.05) is 18.2 Å². The van der Waals surface area contributed by atoms with Gasteiger partial charge in [-0.1, -0.05) is 11.6 Å². The average Bonchev–Trinajstić information content (AvgIpc) is 2.84. The monoisotopic (exact) mass is 241 g/mol. The summed E-state index contributed by atoms with van der Waals surface area (Å²) in [6.07, 6.45) is 1.76. The summed E-state index contributed by atoms with van der Waals surface area (Å²) in [5, 5.41) is 10.3. The van der Waals surface area contributed by atoms with Crippen LogP contribution in [-0.2, 0) is 6.54 Å². The zero-order valence-electron chi connectivity index (χ0n) is 8.33. The minimum absolute atomic E-state index is 0.272. The van der Waals surface area contributed by atoms with Crippen LogP contribution in [0.1, 0.15) is 23.5 Å². The van der Waals surface area contributed by atoms with Gasteiger partial charge in [-0.05, 0) is 25.1 Å². The maximum atomic E-state index is 5.85. The molecule has 0 fully saturated rings. The third-order valence-corrected chi connectivity index (χ3v) is 3.43. The fraction of sp³-hybridized carbons (Fsp3) is 0.300. The Morgan fingerprint density at radius 1 is 1.53 bits per heavy atom. The van der Waals surface area contributed by atoms with E-state index < -0.39 is 0 Å². The van der Waals surface area contributed by atoms with Crippen LogP contribution in [0, 0.1) is 0 Å². The molecule has 0 saturated carbocycles. The molecule has 0 radical (unpaired) electrons. The van der Waals surface area contributed by atoms with Crippen LogP contribution in [-0.4, -0.2) is 10.2 Å². The largest absolute Gasteiger partial charge is 0.304 e. The van der Waals surface area contributed by atoms with Crippen LogP contribution in [0.4, 0.5) is 0 Å². The Balaban J connectivity index is 1.88. The number of nitrogens with one attached hydrogen (secondary N) is 2. The Hall–Kier alpha value is -0.840. The molecule has 0 amide bonds. The molecule has 0 aliphatic rings. The SMILES string of the molecule is CC(NCc1ccc(Cl)s1)c1ccn[nH]1. The van der Waals surface area contributed by atoms with E-state index in [4.69, 9.17) is 11.6 Å². The molecule has 2 rings (SSSR count). The molecule has 0 aliphatic heterocycles. The van der Waals surface area contributed by atoms with Crippen molar-refractivity contribution in [2.75, 3.05) is 0 Å². The third-order valence-electron chi connectivity index (χ3n) is 2.20. The van der Waals surface area contributed by atoms with Gasteiger partial charge in [0.15, 0.2) is 0 Å². The molecule has 0 aromatic carbocycles. The Morgan fingerprint density at radius 2 is 2.40 bits per heavy atom. The first-order valence-electron chi connectivity index (χ1n) is 4.72. The number of hydrogen-bond acceptors (Lipinski definition) is 3. The lowest BCUT2D eigenvalue weighted by Crippen LogP contribution is -2.17. The highest BCUT2D eigenvalue weighted by molar-refractivity contribution is 7.16.